The van der Waals surface area contributed by atoms with Crippen LogP contribution in [0.2, 0.25) is 0 Å². The third kappa shape index (κ3) is 2.21. The Labute approximate surface area is 85.5 Å². The third-order valence-corrected chi connectivity index (χ3v) is 2.85. The molecule has 5 nitrogen and oxygen atoms in total. The van der Waals surface area contributed by atoms with Crippen LogP contribution in [0.15, 0.2) is 0 Å². The van der Waals surface area contributed by atoms with Crippen molar-refractivity contribution in [1.29, 1.82) is 0 Å². The Morgan fingerprint density at radius 3 is 2.93 bits per heavy atom. The van der Waals surface area contributed by atoms with Gasteiger partial charge in [-0.05, 0) is 0 Å². The Hall–Kier alpha value is -1.14. The van der Waals surface area contributed by atoms with Crippen molar-refractivity contribution in [3.05, 3.63) is 10.6 Å². The molecule has 1 aromatic rings. The van der Waals surface area contributed by atoms with Crippen molar-refractivity contribution < 1.29 is 14.6 Å². The fourth-order valence-corrected chi connectivity index (χ4v) is 2.02. The number of carboxylic acids is 1. The molecular formula is C8H12N2O3S. The molecule has 3 N–H and O–H groups in total. The van der Waals surface area contributed by atoms with Gasteiger partial charge in [0.25, 0.3) is 0 Å². The zero-order valence-electron chi connectivity index (χ0n) is 7.98. The van der Waals surface area contributed by atoms with Gasteiger partial charge in [-0.3, -0.25) is 0 Å². The minimum absolute atomic E-state index is 0.000833. The summed E-state index contributed by atoms with van der Waals surface area (Å²) in [6, 6.07) is 0. The zero-order chi connectivity index (χ0) is 10.7. The lowest BCUT2D eigenvalue weighted by molar-refractivity contribution is 0.0689. The van der Waals surface area contributed by atoms with E-state index in [1.807, 2.05) is 6.92 Å². The number of nitrogen functional groups attached to an aromatic ring is 1. The first-order chi connectivity index (χ1) is 6.56. The SMILES string of the molecule is COCC(C)c1sc(N)nc1C(=O)O. The topological polar surface area (TPSA) is 85.4 Å². The summed E-state index contributed by atoms with van der Waals surface area (Å²) in [5, 5.41) is 9.12. The van der Waals surface area contributed by atoms with E-state index in [-0.39, 0.29) is 16.7 Å². The van der Waals surface area contributed by atoms with Crippen LogP contribution in [0.4, 0.5) is 5.13 Å². The number of nitrogens with zero attached hydrogens (tertiary/aromatic N) is 1. The molecule has 14 heavy (non-hydrogen) atoms. The Balaban J connectivity index is 3.00. The van der Waals surface area contributed by atoms with Crippen LogP contribution in [0.25, 0.3) is 0 Å². The van der Waals surface area contributed by atoms with E-state index in [4.69, 9.17) is 15.6 Å². The number of rotatable bonds is 4. The van der Waals surface area contributed by atoms with Crippen molar-refractivity contribution in [2.24, 2.45) is 0 Å². The highest BCUT2D eigenvalue weighted by atomic mass is 32.1. The highest BCUT2D eigenvalue weighted by molar-refractivity contribution is 7.15. The van der Waals surface area contributed by atoms with Crippen molar-refractivity contribution in [3.63, 3.8) is 0 Å². The molecular weight excluding hydrogens is 204 g/mol. The molecule has 0 saturated heterocycles. The van der Waals surface area contributed by atoms with Gasteiger partial charge in [0.05, 0.1) is 6.61 Å². The summed E-state index contributed by atoms with van der Waals surface area (Å²) >= 11 is 1.20. The van der Waals surface area contributed by atoms with Crippen LogP contribution in [0.3, 0.4) is 0 Å². The second-order valence-electron chi connectivity index (χ2n) is 2.93. The van der Waals surface area contributed by atoms with Crippen LogP contribution in [0.1, 0.15) is 28.2 Å². The van der Waals surface area contributed by atoms with Crippen molar-refractivity contribution >= 4 is 22.4 Å². The Morgan fingerprint density at radius 2 is 2.43 bits per heavy atom. The Kier molecular flexibility index (Phi) is 3.43. The summed E-state index contributed by atoms with van der Waals surface area (Å²) in [7, 11) is 1.57. The molecule has 0 radical (unpaired) electrons. The number of anilines is 1. The van der Waals surface area contributed by atoms with Gasteiger partial charge < -0.3 is 15.6 Å². The van der Waals surface area contributed by atoms with Crippen LogP contribution in [-0.4, -0.2) is 29.8 Å². The number of hydrogen-bond donors (Lipinski definition) is 2. The van der Waals surface area contributed by atoms with Gasteiger partial charge in [-0.15, -0.1) is 11.3 Å². The smallest absolute Gasteiger partial charge is 0.355 e. The zero-order valence-corrected chi connectivity index (χ0v) is 8.80. The Bertz CT molecular complexity index is 337. The minimum Gasteiger partial charge on any atom is -0.476 e. The third-order valence-electron chi connectivity index (χ3n) is 1.74. The molecule has 0 fully saturated rings. The maximum absolute atomic E-state index is 10.8. The lowest BCUT2D eigenvalue weighted by atomic mass is 10.1. The van der Waals surface area contributed by atoms with E-state index in [2.05, 4.69) is 4.98 Å². The second-order valence-corrected chi connectivity index (χ2v) is 3.99. The summed E-state index contributed by atoms with van der Waals surface area (Å²) in [4.78, 5) is 15.2. The van der Waals surface area contributed by atoms with Crippen LogP contribution in [0.5, 0.6) is 0 Å². The van der Waals surface area contributed by atoms with Crippen LogP contribution >= 0.6 is 11.3 Å². The van der Waals surface area contributed by atoms with Gasteiger partial charge in [-0.2, -0.15) is 0 Å². The fourth-order valence-electron chi connectivity index (χ4n) is 1.16. The highest BCUT2D eigenvalue weighted by Crippen LogP contribution is 2.28. The van der Waals surface area contributed by atoms with E-state index in [0.29, 0.717) is 11.5 Å². The molecule has 0 saturated carbocycles. The predicted molar refractivity (Wildman–Crippen MR) is 53.8 cm³/mol. The molecule has 1 aromatic heterocycles. The largest absolute Gasteiger partial charge is 0.476 e. The Morgan fingerprint density at radius 1 is 1.79 bits per heavy atom. The molecule has 0 aliphatic rings. The molecule has 0 amide bonds. The summed E-state index contributed by atoms with van der Waals surface area (Å²) in [6.07, 6.45) is 0. The first kappa shape index (κ1) is 10.9. The summed E-state index contributed by atoms with van der Waals surface area (Å²) in [6.45, 7) is 2.34. The van der Waals surface area contributed by atoms with E-state index in [1.165, 1.54) is 11.3 Å². The van der Waals surface area contributed by atoms with E-state index in [1.54, 1.807) is 7.11 Å². The number of aromatic nitrogens is 1. The van der Waals surface area contributed by atoms with Crippen molar-refractivity contribution in [3.8, 4) is 0 Å². The van der Waals surface area contributed by atoms with Crippen LogP contribution in [-0.2, 0) is 4.74 Å². The summed E-state index contributed by atoms with van der Waals surface area (Å²) in [5.41, 5.74) is 5.49. The lowest BCUT2D eigenvalue weighted by Gasteiger charge is -2.07. The summed E-state index contributed by atoms with van der Waals surface area (Å²) < 4.78 is 4.95. The first-order valence-corrected chi connectivity index (χ1v) is 4.86. The van der Waals surface area contributed by atoms with Gasteiger partial charge in [-0.1, -0.05) is 6.92 Å². The molecule has 0 aliphatic heterocycles. The second kappa shape index (κ2) is 4.39. The average molecular weight is 216 g/mol. The van der Waals surface area contributed by atoms with Crippen molar-refractivity contribution in [1.82, 2.24) is 4.98 Å². The van der Waals surface area contributed by atoms with E-state index in [0.717, 1.165) is 0 Å². The van der Waals surface area contributed by atoms with Gasteiger partial charge in [0.15, 0.2) is 10.8 Å². The van der Waals surface area contributed by atoms with E-state index < -0.39 is 5.97 Å². The molecule has 1 unspecified atom stereocenters. The molecule has 0 aromatic carbocycles. The van der Waals surface area contributed by atoms with E-state index >= 15 is 0 Å². The molecule has 0 aliphatic carbocycles. The normalized spacial score (nSPS) is 12.7. The number of nitrogens with two attached hydrogens (primary N) is 1. The van der Waals surface area contributed by atoms with Crippen molar-refractivity contribution in [2.45, 2.75) is 12.8 Å². The number of methoxy groups -OCH3 is 1. The number of carbonyl (C=O) groups is 1. The van der Waals surface area contributed by atoms with Crippen LogP contribution < -0.4 is 5.73 Å². The van der Waals surface area contributed by atoms with Gasteiger partial charge in [0.2, 0.25) is 0 Å². The fraction of sp³-hybridized carbons (Fsp3) is 0.500. The number of carboxylic acid groups (broad SMARTS) is 1. The van der Waals surface area contributed by atoms with E-state index in [9.17, 15) is 4.79 Å². The number of ether oxygens (including phenoxy) is 1. The number of hydrogen-bond acceptors (Lipinski definition) is 5. The van der Waals surface area contributed by atoms with Crippen molar-refractivity contribution in [2.75, 3.05) is 19.5 Å². The summed E-state index contributed by atoms with van der Waals surface area (Å²) in [5.74, 6) is -1.04. The van der Waals surface area contributed by atoms with Gasteiger partial charge >= 0.3 is 5.97 Å². The van der Waals surface area contributed by atoms with Gasteiger partial charge in [-0.25, -0.2) is 9.78 Å². The van der Waals surface area contributed by atoms with Crippen LogP contribution in [0, 0.1) is 0 Å². The highest BCUT2D eigenvalue weighted by Gasteiger charge is 2.20. The van der Waals surface area contributed by atoms with Gasteiger partial charge in [0, 0.05) is 17.9 Å². The minimum atomic E-state index is -1.05. The standard InChI is InChI=1S/C8H12N2O3S/c1-4(3-13-2)6-5(7(11)12)10-8(9)14-6/h4H,3H2,1-2H3,(H2,9,10)(H,11,12). The maximum atomic E-state index is 10.8. The molecule has 0 spiro atoms. The first-order valence-electron chi connectivity index (χ1n) is 4.04. The molecule has 1 heterocycles. The predicted octanol–water partition coefficient (Wildman–Crippen LogP) is 1.17. The quantitative estimate of drug-likeness (QED) is 0.789. The molecule has 1 atom stereocenters. The molecule has 0 bridgehead atoms. The number of aromatic carboxylic acids is 1. The molecule has 6 heteroatoms. The lowest BCUT2D eigenvalue weighted by Crippen LogP contribution is -2.07. The number of thiazole rings is 1. The molecule has 1 rings (SSSR count). The van der Waals surface area contributed by atoms with Gasteiger partial charge in [0.1, 0.15) is 0 Å². The monoisotopic (exact) mass is 216 g/mol. The average Bonchev–Trinajstić information content (AvgIpc) is 2.48. The maximum Gasteiger partial charge on any atom is 0.355 e. The molecule has 78 valence electrons.